The van der Waals surface area contributed by atoms with Gasteiger partial charge in [0.25, 0.3) is 0 Å². The van der Waals surface area contributed by atoms with Gasteiger partial charge >= 0.3 is 0 Å². The highest BCUT2D eigenvalue weighted by atomic mass is 15.2. The lowest BCUT2D eigenvalue weighted by atomic mass is 9.59. The van der Waals surface area contributed by atoms with Crippen LogP contribution in [0.5, 0.6) is 0 Å². The van der Waals surface area contributed by atoms with Gasteiger partial charge in [0.1, 0.15) is 0 Å². The Bertz CT molecular complexity index is 526. The third-order valence-corrected chi connectivity index (χ3v) is 4.27. The van der Waals surface area contributed by atoms with Crippen LogP contribution < -0.4 is 5.73 Å². The van der Waals surface area contributed by atoms with Gasteiger partial charge in [-0.05, 0) is 18.4 Å². The fraction of sp³-hybridized carbons (Fsp3) is 0.400. The minimum absolute atomic E-state index is 0.0438. The van der Waals surface area contributed by atoms with Gasteiger partial charge in [0.2, 0.25) is 0 Å². The van der Waals surface area contributed by atoms with Gasteiger partial charge in [0.05, 0.1) is 6.20 Å². The van der Waals surface area contributed by atoms with Gasteiger partial charge in [-0.1, -0.05) is 36.8 Å². The van der Waals surface area contributed by atoms with Crippen LogP contribution in [0.25, 0.3) is 0 Å². The van der Waals surface area contributed by atoms with Crippen molar-refractivity contribution in [3.05, 3.63) is 53.9 Å². The van der Waals surface area contributed by atoms with E-state index in [1.54, 1.807) is 0 Å². The molecule has 0 radical (unpaired) electrons. The first-order valence-electron chi connectivity index (χ1n) is 6.52. The van der Waals surface area contributed by atoms with Crippen LogP contribution in [0.2, 0.25) is 0 Å². The number of aryl methyl sites for hydroxylation is 1. The molecule has 0 aliphatic heterocycles. The van der Waals surface area contributed by atoms with Crippen LogP contribution in [0.1, 0.15) is 36.4 Å². The van der Waals surface area contributed by atoms with Crippen molar-refractivity contribution in [1.29, 1.82) is 0 Å². The predicted octanol–water partition coefficient (Wildman–Crippen LogP) is 2.54. The van der Waals surface area contributed by atoms with Crippen LogP contribution >= 0.6 is 0 Å². The van der Waals surface area contributed by atoms with Crippen LogP contribution in [-0.4, -0.2) is 9.78 Å². The van der Waals surface area contributed by atoms with E-state index in [9.17, 15) is 0 Å². The summed E-state index contributed by atoms with van der Waals surface area (Å²) in [6.45, 7) is 0. The topological polar surface area (TPSA) is 43.8 Å². The normalized spacial score (nSPS) is 19.2. The molecule has 0 spiro atoms. The first kappa shape index (κ1) is 11.5. The molecule has 0 bridgehead atoms. The van der Waals surface area contributed by atoms with Gasteiger partial charge in [-0.2, -0.15) is 5.10 Å². The Kier molecular flexibility index (Phi) is 2.71. The zero-order chi connectivity index (χ0) is 12.6. The lowest BCUT2D eigenvalue weighted by molar-refractivity contribution is 0.196. The third kappa shape index (κ3) is 1.66. The maximum absolute atomic E-state index is 6.53. The summed E-state index contributed by atoms with van der Waals surface area (Å²) < 4.78 is 1.83. The van der Waals surface area contributed by atoms with Crippen LogP contribution in [0.3, 0.4) is 0 Å². The third-order valence-electron chi connectivity index (χ3n) is 4.27. The molecule has 94 valence electrons. The van der Waals surface area contributed by atoms with Crippen LogP contribution in [0.15, 0.2) is 42.7 Å². The predicted molar refractivity (Wildman–Crippen MR) is 72.1 cm³/mol. The molecule has 1 aliphatic carbocycles. The zero-order valence-electron chi connectivity index (χ0n) is 10.7. The number of nitrogens with two attached hydrogens (primary N) is 1. The summed E-state index contributed by atoms with van der Waals surface area (Å²) in [6.07, 6.45) is 7.55. The molecule has 1 saturated carbocycles. The smallest absolute Gasteiger partial charge is 0.0537 e. The molecular weight excluding hydrogens is 222 g/mol. The Morgan fingerprint density at radius 1 is 1.28 bits per heavy atom. The Hall–Kier alpha value is -1.61. The molecule has 1 aromatic carbocycles. The Morgan fingerprint density at radius 3 is 2.50 bits per heavy atom. The fourth-order valence-corrected chi connectivity index (χ4v) is 3.03. The highest BCUT2D eigenvalue weighted by Gasteiger charge is 2.44. The molecular formula is C15H19N3. The zero-order valence-corrected chi connectivity index (χ0v) is 10.7. The van der Waals surface area contributed by atoms with E-state index in [4.69, 9.17) is 5.73 Å². The molecule has 1 aliphatic rings. The number of rotatable bonds is 3. The SMILES string of the molecule is Cn1cc(C(N)C2(c3ccccc3)CCC2)cn1. The molecule has 0 saturated heterocycles. The largest absolute Gasteiger partial charge is 0.323 e. The summed E-state index contributed by atoms with van der Waals surface area (Å²) in [5.74, 6) is 0. The molecule has 18 heavy (non-hydrogen) atoms. The molecule has 3 nitrogen and oxygen atoms in total. The van der Waals surface area contributed by atoms with E-state index in [-0.39, 0.29) is 11.5 Å². The monoisotopic (exact) mass is 241 g/mol. The van der Waals surface area contributed by atoms with Crippen LogP contribution in [0, 0.1) is 0 Å². The summed E-state index contributed by atoms with van der Waals surface area (Å²) in [6, 6.07) is 10.7. The summed E-state index contributed by atoms with van der Waals surface area (Å²) in [5.41, 5.74) is 9.15. The molecule has 0 amide bonds. The quantitative estimate of drug-likeness (QED) is 0.897. The van der Waals surface area contributed by atoms with E-state index in [0.29, 0.717) is 0 Å². The van der Waals surface area contributed by atoms with Crippen molar-refractivity contribution in [1.82, 2.24) is 9.78 Å². The van der Waals surface area contributed by atoms with Gasteiger partial charge in [-0.3, -0.25) is 4.68 Å². The molecule has 1 fully saturated rings. The number of aromatic nitrogens is 2. The second kappa shape index (κ2) is 4.25. The number of hydrogen-bond donors (Lipinski definition) is 1. The molecule has 1 unspecified atom stereocenters. The molecule has 3 rings (SSSR count). The lowest BCUT2D eigenvalue weighted by Gasteiger charge is -2.46. The highest BCUT2D eigenvalue weighted by molar-refractivity contribution is 5.34. The standard InChI is InChI=1S/C15H19N3/c1-18-11-12(10-17-18)14(16)15(8-5-9-15)13-6-3-2-4-7-13/h2-4,6-7,10-11,14H,5,8-9,16H2,1H3. The van der Waals surface area contributed by atoms with Crippen LogP contribution in [-0.2, 0) is 12.5 Å². The second-order valence-electron chi connectivity index (χ2n) is 5.30. The van der Waals surface area contributed by atoms with E-state index < -0.39 is 0 Å². The van der Waals surface area contributed by atoms with Gasteiger partial charge in [-0.15, -0.1) is 0 Å². The molecule has 2 N–H and O–H groups in total. The van der Waals surface area contributed by atoms with Gasteiger partial charge < -0.3 is 5.73 Å². The summed E-state index contributed by atoms with van der Waals surface area (Å²) >= 11 is 0. The first-order chi connectivity index (χ1) is 8.72. The molecule has 3 heteroatoms. The van der Waals surface area contributed by atoms with Gasteiger partial charge in [-0.25, -0.2) is 0 Å². The van der Waals surface area contributed by atoms with Crippen molar-refractivity contribution in [2.45, 2.75) is 30.7 Å². The van der Waals surface area contributed by atoms with Crippen molar-refractivity contribution >= 4 is 0 Å². The number of benzene rings is 1. The van der Waals surface area contributed by atoms with E-state index in [0.717, 1.165) is 5.56 Å². The highest BCUT2D eigenvalue weighted by Crippen LogP contribution is 2.50. The Balaban J connectivity index is 1.97. The van der Waals surface area contributed by atoms with Crippen molar-refractivity contribution in [3.8, 4) is 0 Å². The van der Waals surface area contributed by atoms with Gasteiger partial charge in [0, 0.05) is 30.3 Å². The average Bonchev–Trinajstić information content (AvgIpc) is 2.76. The van der Waals surface area contributed by atoms with Crippen molar-refractivity contribution in [3.63, 3.8) is 0 Å². The molecule has 1 aromatic heterocycles. The van der Waals surface area contributed by atoms with E-state index >= 15 is 0 Å². The second-order valence-corrected chi connectivity index (χ2v) is 5.30. The van der Waals surface area contributed by atoms with Crippen LogP contribution in [0.4, 0.5) is 0 Å². The van der Waals surface area contributed by atoms with Gasteiger partial charge in [0.15, 0.2) is 0 Å². The number of hydrogen-bond acceptors (Lipinski definition) is 2. The summed E-state index contributed by atoms with van der Waals surface area (Å²) in [5, 5.41) is 4.24. The molecule has 1 heterocycles. The number of nitrogens with zero attached hydrogens (tertiary/aromatic N) is 2. The summed E-state index contributed by atoms with van der Waals surface area (Å²) in [4.78, 5) is 0. The maximum atomic E-state index is 6.53. The van der Waals surface area contributed by atoms with Crippen molar-refractivity contribution in [2.75, 3.05) is 0 Å². The van der Waals surface area contributed by atoms with E-state index in [2.05, 4.69) is 35.4 Å². The minimum atomic E-state index is 0.0438. The minimum Gasteiger partial charge on any atom is -0.323 e. The van der Waals surface area contributed by atoms with Crippen molar-refractivity contribution < 1.29 is 0 Å². The Labute approximate surface area is 108 Å². The average molecular weight is 241 g/mol. The maximum Gasteiger partial charge on any atom is 0.0537 e. The van der Waals surface area contributed by atoms with E-state index in [1.165, 1.54) is 24.8 Å². The summed E-state index contributed by atoms with van der Waals surface area (Å²) in [7, 11) is 1.94. The Morgan fingerprint density at radius 2 is 2.00 bits per heavy atom. The molecule has 1 atom stereocenters. The van der Waals surface area contributed by atoms with Crippen molar-refractivity contribution in [2.24, 2.45) is 12.8 Å². The lowest BCUT2D eigenvalue weighted by Crippen LogP contribution is -2.44. The fourth-order valence-electron chi connectivity index (χ4n) is 3.03. The first-order valence-corrected chi connectivity index (χ1v) is 6.52. The molecule has 2 aromatic rings. The van der Waals surface area contributed by atoms with E-state index in [1.807, 2.05) is 24.1 Å².